The van der Waals surface area contributed by atoms with Gasteiger partial charge in [-0.2, -0.15) is 5.10 Å². The lowest BCUT2D eigenvalue weighted by Gasteiger charge is -2.24. The largest absolute Gasteiger partial charge is 0.370 e. The van der Waals surface area contributed by atoms with Crippen molar-refractivity contribution in [2.75, 3.05) is 0 Å². The Morgan fingerprint density at radius 3 is 2.84 bits per heavy atom. The lowest BCUT2D eigenvalue weighted by molar-refractivity contribution is -0.119. The minimum Gasteiger partial charge on any atom is -0.370 e. The molecule has 0 fully saturated rings. The Morgan fingerprint density at radius 1 is 1.42 bits per heavy atom. The van der Waals surface area contributed by atoms with Crippen molar-refractivity contribution in [3.05, 3.63) is 30.0 Å². The van der Waals surface area contributed by atoms with Gasteiger partial charge >= 0.3 is 0 Å². The van der Waals surface area contributed by atoms with Crippen molar-refractivity contribution < 1.29 is 9.59 Å². The molecule has 0 aliphatic carbocycles. The molecule has 1 heterocycles. The Morgan fingerprint density at radius 2 is 2.16 bits per heavy atom. The Bertz CT molecular complexity index is 630. The van der Waals surface area contributed by atoms with Crippen LogP contribution in [-0.2, 0) is 4.79 Å². The molecule has 6 nitrogen and oxygen atoms in total. The van der Waals surface area contributed by atoms with Gasteiger partial charge in [-0.05, 0) is 26.0 Å². The second-order valence-electron chi connectivity index (χ2n) is 5.15. The van der Waals surface area contributed by atoms with Gasteiger partial charge in [0.05, 0.1) is 11.7 Å². The quantitative estimate of drug-likeness (QED) is 0.762. The highest BCUT2D eigenvalue weighted by Gasteiger charge is 2.23. The maximum Gasteiger partial charge on any atom is 0.251 e. The number of amides is 2. The lowest BCUT2D eigenvalue weighted by Crippen LogP contribution is -2.46. The standard InChI is InChI=1S/C13H16N4O2/c1-13(2,6-11(14)18)16-12(19)8-3-4-9-7-15-17-10(9)5-8/h3-5,7H,6H2,1-2H3,(H2,14,18)(H,15,17)(H,16,19). The molecule has 6 heteroatoms. The molecular formula is C13H16N4O2. The van der Waals surface area contributed by atoms with Crippen LogP contribution in [0.2, 0.25) is 0 Å². The smallest absolute Gasteiger partial charge is 0.251 e. The molecule has 0 radical (unpaired) electrons. The summed E-state index contributed by atoms with van der Waals surface area (Å²) in [5, 5.41) is 10.4. The van der Waals surface area contributed by atoms with Crippen LogP contribution in [0.3, 0.4) is 0 Å². The number of benzene rings is 1. The van der Waals surface area contributed by atoms with Gasteiger partial charge < -0.3 is 11.1 Å². The number of hydrogen-bond donors (Lipinski definition) is 3. The Hall–Kier alpha value is -2.37. The van der Waals surface area contributed by atoms with Crippen LogP contribution in [0.15, 0.2) is 24.4 Å². The summed E-state index contributed by atoms with van der Waals surface area (Å²) in [6, 6.07) is 5.25. The summed E-state index contributed by atoms with van der Waals surface area (Å²) in [4.78, 5) is 23.0. The van der Waals surface area contributed by atoms with Crippen molar-refractivity contribution >= 4 is 22.7 Å². The molecule has 1 aromatic carbocycles. The fourth-order valence-corrected chi connectivity index (χ4v) is 1.94. The van der Waals surface area contributed by atoms with Gasteiger partial charge in [-0.25, -0.2) is 0 Å². The zero-order valence-electron chi connectivity index (χ0n) is 10.9. The zero-order valence-corrected chi connectivity index (χ0v) is 10.9. The minimum absolute atomic E-state index is 0.0883. The molecule has 2 aromatic rings. The first-order chi connectivity index (χ1) is 8.87. The molecular weight excluding hydrogens is 244 g/mol. The van der Waals surface area contributed by atoms with Crippen LogP contribution in [0.4, 0.5) is 0 Å². The molecule has 100 valence electrons. The van der Waals surface area contributed by atoms with Gasteiger partial charge in [-0.3, -0.25) is 14.7 Å². The molecule has 2 rings (SSSR count). The predicted molar refractivity (Wildman–Crippen MR) is 71.5 cm³/mol. The highest BCUT2D eigenvalue weighted by molar-refractivity contribution is 5.98. The Balaban J connectivity index is 2.17. The van der Waals surface area contributed by atoms with Crippen LogP contribution in [0, 0.1) is 0 Å². The number of carbonyl (C=O) groups excluding carboxylic acids is 2. The summed E-state index contributed by atoms with van der Waals surface area (Å²) in [7, 11) is 0. The van der Waals surface area contributed by atoms with Crippen LogP contribution in [-0.4, -0.2) is 27.6 Å². The third-order valence-electron chi connectivity index (χ3n) is 2.77. The molecule has 0 atom stereocenters. The van der Waals surface area contributed by atoms with E-state index in [4.69, 9.17) is 5.73 Å². The van der Waals surface area contributed by atoms with Crippen LogP contribution < -0.4 is 11.1 Å². The van der Waals surface area contributed by atoms with Gasteiger partial charge in [0.2, 0.25) is 5.91 Å². The number of nitrogens with two attached hydrogens (primary N) is 1. The highest BCUT2D eigenvalue weighted by atomic mass is 16.2. The van der Waals surface area contributed by atoms with Crippen LogP contribution in [0.1, 0.15) is 30.6 Å². The number of nitrogens with zero attached hydrogens (tertiary/aromatic N) is 1. The molecule has 4 N–H and O–H groups in total. The summed E-state index contributed by atoms with van der Waals surface area (Å²) in [5.74, 6) is -0.697. The van der Waals surface area contributed by atoms with E-state index in [0.717, 1.165) is 10.9 Å². The van der Waals surface area contributed by atoms with E-state index in [2.05, 4.69) is 15.5 Å². The van der Waals surface area contributed by atoms with Gasteiger partial charge in [0, 0.05) is 22.9 Å². The van der Waals surface area contributed by atoms with Crippen molar-refractivity contribution in [1.29, 1.82) is 0 Å². The Labute approximate surface area is 110 Å². The minimum atomic E-state index is -0.675. The average Bonchev–Trinajstić information content (AvgIpc) is 2.72. The van der Waals surface area contributed by atoms with Crippen LogP contribution >= 0.6 is 0 Å². The molecule has 0 spiro atoms. The number of aromatic amines is 1. The van der Waals surface area contributed by atoms with E-state index in [9.17, 15) is 9.59 Å². The maximum absolute atomic E-state index is 12.1. The fraction of sp³-hybridized carbons (Fsp3) is 0.308. The number of fused-ring (bicyclic) bond motifs is 1. The van der Waals surface area contributed by atoms with E-state index in [1.807, 2.05) is 6.07 Å². The van der Waals surface area contributed by atoms with E-state index < -0.39 is 11.4 Å². The second kappa shape index (κ2) is 4.72. The molecule has 0 saturated carbocycles. The second-order valence-corrected chi connectivity index (χ2v) is 5.15. The van der Waals surface area contributed by atoms with Crippen LogP contribution in [0.5, 0.6) is 0 Å². The molecule has 2 amide bonds. The summed E-state index contributed by atoms with van der Waals surface area (Å²) in [6.07, 6.45) is 1.78. The van der Waals surface area contributed by atoms with Gasteiger partial charge in [-0.15, -0.1) is 0 Å². The van der Waals surface area contributed by atoms with E-state index in [1.165, 1.54) is 0 Å². The first kappa shape index (κ1) is 13.1. The molecule has 0 aliphatic rings. The van der Waals surface area contributed by atoms with E-state index in [1.54, 1.807) is 32.2 Å². The lowest BCUT2D eigenvalue weighted by atomic mass is 9.99. The fourth-order valence-electron chi connectivity index (χ4n) is 1.94. The first-order valence-corrected chi connectivity index (χ1v) is 5.91. The van der Waals surface area contributed by atoms with Crippen molar-refractivity contribution in [2.45, 2.75) is 25.8 Å². The first-order valence-electron chi connectivity index (χ1n) is 5.91. The molecule has 0 aliphatic heterocycles. The third-order valence-corrected chi connectivity index (χ3v) is 2.77. The van der Waals surface area contributed by atoms with Crippen molar-refractivity contribution in [2.24, 2.45) is 5.73 Å². The number of carbonyl (C=O) groups is 2. The summed E-state index contributed by atoms with van der Waals surface area (Å²) >= 11 is 0. The molecule has 19 heavy (non-hydrogen) atoms. The van der Waals surface area contributed by atoms with Crippen LogP contribution in [0.25, 0.3) is 10.9 Å². The number of primary amides is 1. The topological polar surface area (TPSA) is 101 Å². The van der Waals surface area contributed by atoms with Gasteiger partial charge in [0.1, 0.15) is 0 Å². The summed E-state index contributed by atoms with van der Waals surface area (Å²) < 4.78 is 0. The number of aromatic nitrogens is 2. The monoisotopic (exact) mass is 260 g/mol. The van der Waals surface area contributed by atoms with E-state index >= 15 is 0 Å². The van der Waals surface area contributed by atoms with Gasteiger partial charge in [0.15, 0.2) is 0 Å². The average molecular weight is 260 g/mol. The van der Waals surface area contributed by atoms with Crippen molar-refractivity contribution in [1.82, 2.24) is 15.5 Å². The number of rotatable bonds is 4. The van der Waals surface area contributed by atoms with Crippen molar-refractivity contribution in [3.8, 4) is 0 Å². The zero-order chi connectivity index (χ0) is 14.0. The number of nitrogens with one attached hydrogen (secondary N) is 2. The van der Waals surface area contributed by atoms with Gasteiger partial charge in [-0.1, -0.05) is 6.07 Å². The van der Waals surface area contributed by atoms with E-state index in [-0.39, 0.29) is 12.3 Å². The maximum atomic E-state index is 12.1. The summed E-state index contributed by atoms with van der Waals surface area (Å²) in [6.45, 7) is 3.51. The van der Waals surface area contributed by atoms with Gasteiger partial charge in [0.25, 0.3) is 5.91 Å². The SMILES string of the molecule is CC(C)(CC(N)=O)NC(=O)c1ccc2cn[nH]c2c1. The number of hydrogen-bond acceptors (Lipinski definition) is 3. The molecule has 0 unspecified atom stereocenters. The van der Waals surface area contributed by atoms with Crippen molar-refractivity contribution in [3.63, 3.8) is 0 Å². The highest BCUT2D eigenvalue weighted by Crippen LogP contribution is 2.14. The summed E-state index contributed by atoms with van der Waals surface area (Å²) in [5.41, 5.74) is 5.78. The number of H-pyrrole nitrogens is 1. The normalized spacial score (nSPS) is 11.5. The van der Waals surface area contributed by atoms with E-state index in [0.29, 0.717) is 5.56 Å². The third kappa shape index (κ3) is 3.09. The Kier molecular flexibility index (Phi) is 3.25. The molecule has 0 saturated heterocycles. The predicted octanol–water partition coefficient (Wildman–Crippen LogP) is 0.947. The molecule has 1 aromatic heterocycles. The molecule has 0 bridgehead atoms.